The van der Waals surface area contributed by atoms with E-state index >= 15 is 0 Å². The molecule has 2 aromatic rings. The molecular formula is C26H30FN3O5. The van der Waals surface area contributed by atoms with Crippen LogP contribution in [0.3, 0.4) is 0 Å². The summed E-state index contributed by atoms with van der Waals surface area (Å²) in [5.74, 6) is -1.10. The summed E-state index contributed by atoms with van der Waals surface area (Å²) in [6.45, 7) is 4.27. The predicted molar refractivity (Wildman–Crippen MR) is 126 cm³/mol. The largest absolute Gasteiger partial charge is 0.497 e. The van der Waals surface area contributed by atoms with Crippen LogP contribution in [0.5, 0.6) is 5.75 Å². The SMILES string of the molecule is COc1cccc(C(=O)N2[C@H](C(=O)NC(C)C)COC23CCN(C(=O)c2ccccc2F)CC3)c1. The van der Waals surface area contributed by atoms with Crippen molar-refractivity contribution < 1.29 is 28.2 Å². The maximum atomic E-state index is 14.2. The molecule has 4 rings (SSSR count). The highest BCUT2D eigenvalue weighted by molar-refractivity contribution is 5.99. The van der Waals surface area contributed by atoms with Crippen molar-refractivity contribution in [1.82, 2.24) is 15.1 Å². The minimum Gasteiger partial charge on any atom is -0.497 e. The topological polar surface area (TPSA) is 88.2 Å². The number of amides is 3. The van der Waals surface area contributed by atoms with Crippen LogP contribution in [-0.2, 0) is 9.53 Å². The van der Waals surface area contributed by atoms with Gasteiger partial charge in [-0.3, -0.25) is 19.3 Å². The number of hydrogen-bond acceptors (Lipinski definition) is 5. The number of halogens is 1. The van der Waals surface area contributed by atoms with Crippen LogP contribution in [0.25, 0.3) is 0 Å². The van der Waals surface area contributed by atoms with Crippen LogP contribution < -0.4 is 10.1 Å². The molecule has 0 aromatic heterocycles. The van der Waals surface area contributed by atoms with Crippen LogP contribution in [0, 0.1) is 5.82 Å². The van der Waals surface area contributed by atoms with Gasteiger partial charge in [0.2, 0.25) is 5.91 Å². The lowest BCUT2D eigenvalue weighted by Crippen LogP contribution is -2.60. The molecule has 2 fully saturated rings. The zero-order valence-electron chi connectivity index (χ0n) is 20.1. The van der Waals surface area contributed by atoms with E-state index in [1.807, 2.05) is 13.8 Å². The van der Waals surface area contributed by atoms with Gasteiger partial charge >= 0.3 is 0 Å². The molecule has 0 saturated carbocycles. The van der Waals surface area contributed by atoms with Gasteiger partial charge in [-0.1, -0.05) is 18.2 Å². The smallest absolute Gasteiger partial charge is 0.257 e. The summed E-state index contributed by atoms with van der Waals surface area (Å²) in [6, 6.07) is 11.7. The molecule has 8 nitrogen and oxygen atoms in total. The van der Waals surface area contributed by atoms with Crippen LogP contribution in [0.2, 0.25) is 0 Å². The van der Waals surface area contributed by atoms with E-state index < -0.39 is 23.5 Å². The number of carbonyl (C=O) groups excluding carboxylic acids is 3. The molecule has 0 unspecified atom stereocenters. The molecule has 35 heavy (non-hydrogen) atoms. The lowest BCUT2D eigenvalue weighted by Gasteiger charge is -2.44. The number of rotatable bonds is 5. The summed E-state index contributed by atoms with van der Waals surface area (Å²) < 4.78 is 25.6. The van der Waals surface area contributed by atoms with E-state index in [9.17, 15) is 18.8 Å². The van der Waals surface area contributed by atoms with Crippen molar-refractivity contribution in [2.75, 3.05) is 26.8 Å². The Kier molecular flexibility index (Phi) is 7.07. The third-order valence-corrected chi connectivity index (χ3v) is 6.47. The maximum Gasteiger partial charge on any atom is 0.257 e. The van der Waals surface area contributed by atoms with Crippen molar-refractivity contribution in [2.45, 2.75) is 44.5 Å². The molecule has 2 saturated heterocycles. The van der Waals surface area contributed by atoms with Crippen LogP contribution in [0.1, 0.15) is 47.4 Å². The fourth-order valence-corrected chi connectivity index (χ4v) is 4.71. The Morgan fingerprint density at radius 1 is 1.09 bits per heavy atom. The van der Waals surface area contributed by atoms with Crippen molar-refractivity contribution in [3.63, 3.8) is 0 Å². The molecule has 2 aliphatic heterocycles. The fraction of sp³-hybridized carbons (Fsp3) is 0.423. The predicted octanol–water partition coefficient (Wildman–Crippen LogP) is 2.83. The van der Waals surface area contributed by atoms with Crippen LogP contribution in [0.15, 0.2) is 48.5 Å². The first-order valence-electron chi connectivity index (χ1n) is 11.7. The number of likely N-dealkylation sites (tertiary alicyclic amines) is 1. The Labute approximate surface area is 204 Å². The lowest BCUT2D eigenvalue weighted by molar-refractivity contribution is -0.128. The zero-order chi connectivity index (χ0) is 25.2. The molecule has 1 atom stereocenters. The summed E-state index contributed by atoms with van der Waals surface area (Å²) in [5.41, 5.74) is -0.666. The molecule has 1 spiro atoms. The minimum atomic E-state index is -1.05. The molecule has 9 heteroatoms. The van der Waals surface area contributed by atoms with Gasteiger partial charge in [0.15, 0.2) is 0 Å². The maximum absolute atomic E-state index is 14.2. The van der Waals surface area contributed by atoms with Gasteiger partial charge in [-0.25, -0.2) is 4.39 Å². The van der Waals surface area contributed by atoms with Gasteiger partial charge in [-0.2, -0.15) is 0 Å². The monoisotopic (exact) mass is 483 g/mol. The Morgan fingerprint density at radius 3 is 2.46 bits per heavy atom. The number of ether oxygens (including phenoxy) is 2. The Morgan fingerprint density at radius 2 is 1.80 bits per heavy atom. The lowest BCUT2D eigenvalue weighted by atomic mass is 9.96. The second kappa shape index (κ2) is 10.0. The fourth-order valence-electron chi connectivity index (χ4n) is 4.71. The molecule has 2 heterocycles. The molecule has 3 amide bonds. The molecule has 2 aromatic carbocycles. The van der Waals surface area contributed by atoms with Gasteiger partial charge in [0.25, 0.3) is 11.8 Å². The van der Waals surface area contributed by atoms with Crippen molar-refractivity contribution >= 4 is 17.7 Å². The van der Waals surface area contributed by atoms with Crippen LogP contribution in [-0.4, -0.2) is 72.1 Å². The van der Waals surface area contributed by atoms with E-state index in [4.69, 9.17) is 9.47 Å². The summed E-state index contributed by atoms with van der Waals surface area (Å²) >= 11 is 0. The van der Waals surface area contributed by atoms with E-state index in [-0.39, 0.29) is 43.1 Å². The highest BCUT2D eigenvalue weighted by Gasteiger charge is 2.54. The first-order chi connectivity index (χ1) is 16.8. The van der Waals surface area contributed by atoms with Gasteiger partial charge < -0.3 is 19.7 Å². The van der Waals surface area contributed by atoms with Crippen molar-refractivity contribution in [3.8, 4) is 5.75 Å². The Hall–Kier alpha value is -3.46. The van der Waals surface area contributed by atoms with Gasteiger partial charge in [0, 0.05) is 37.5 Å². The second-order valence-corrected chi connectivity index (χ2v) is 9.12. The standard InChI is InChI=1S/C26H30FN3O5/c1-17(2)28-23(31)22-16-35-26(30(22)24(32)18-7-6-8-19(15-18)34-3)11-13-29(14-12-26)25(33)20-9-4-5-10-21(20)27/h4-10,15,17,22H,11-14,16H2,1-3H3,(H,28,31)/t22-/m0/s1. The third-order valence-electron chi connectivity index (χ3n) is 6.47. The average molecular weight is 484 g/mol. The minimum absolute atomic E-state index is 0.00860. The molecule has 0 radical (unpaired) electrons. The third kappa shape index (κ3) is 4.86. The quantitative estimate of drug-likeness (QED) is 0.707. The Balaban J connectivity index is 1.60. The number of benzene rings is 2. The molecule has 1 N–H and O–H groups in total. The van der Waals surface area contributed by atoms with E-state index in [0.717, 1.165) is 0 Å². The average Bonchev–Trinajstić information content (AvgIpc) is 3.22. The number of hydrogen-bond donors (Lipinski definition) is 1. The molecule has 0 aliphatic carbocycles. The molecular weight excluding hydrogens is 453 g/mol. The van der Waals surface area contributed by atoms with Crippen molar-refractivity contribution in [1.29, 1.82) is 0 Å². The second-order valence-electron chi connectivity index (χ2n) is 9.12. The number of carbonyl (C=O) groups is 3. The van der Waals surface area contributed by atoms with Gasteiger partial charge in [-0.15, -0.1) is 0 Å². The highest BCUT2D eigenvalue weighted by atomic mass is 19.1. The summed E-state index contributed by atoms with van der Waals surface area (Å²) in [4.78, 5) is 42.8. The summed E-state index contributed by atoms with van der Waals surface area (Å²) in [5, 5.41) is 2.88. The molecule has 0 bridgehead atoms. The number of nitrogens with one attached hydrogen (secondary N) is 1. The van der Waals surface area contributed by atoms with Gasteiger partial charge in [0.05, 0.1) is 19.3 Å². The first kappa shape index (κ1) is 24.7. The van der Waals surface area contributed by atoms with E-state index in [0.29, 0.717) is 24.2 Å². The van der Waals surface area contributed by atoms with Crippen molar-refractivity contribution in [2.24, 2.45) is 0 Å². The number of nitrogens with zero attached hydrogens (tertiary/aromatic N) is 2. The zero-order valence-corrected chi connectivity index (χ0v) is 20.1. The molecule has 186 valence electrons. The highest BCUT2D eigenvalue weighted by Crippen LogP contribution is 2.39. The Bertz CT molecular complexity index is 1110. The summed E-state index contributed by atoms with van der Waals surface area (Å²) in [6.07, 6.45) is 0.600. The van der Waals surface area contributed by atoms with Crippen molar-refractivity contribution in [3.05, 3.63) is 65.5 Å². The first-order valence-corrected chi connectivity index (χ1v) is 11.7. The summed E-state index contributed by atoms with van der Waals surface area (Å²) in [7, 11) is 1.52. The van der Waals surface area contributed by atoms with E-state index in [1.54, 1.807) is 35.2 Å². The molecule has 2 aliphatic rings. The van der Waals surface area contributed by atoms with E-state index in [1.165, 1.54) is 30.2 Å². The normalized spacial score (nSPS) is 19.2. The number of methoxy groups -OCH3 is 1. The van der Waals surface area contributed by atoms with Gasteiger partial charge in [-0.05, 0) is 44.2 Å². The number of piperidine rings is 1. The van der Waals surface area contributed by atoms with Crippen LogP contribution >= 0.6 is 0 Å². The van der Waals surface area contributed by atoms with E-state index in [2.05, 4.69) is 5.32 Å². The van der Waals surface area contributed by atoms with Gasteiger partial charge in [0.1, 0.15) is 23.3 Å². The van der Waals surface area contributed by atoms with Crippen LogP contribution in [0.4, 0.5) is 4.39 Å².